The Morgan fingerprint density at radius 3 is 2.03 bits per heavy atom. The maximum absolute atomic E-state index is 13.7. The summed E-state index contributed by atoms with van der Waals surface area (Å²) < 4.78 is 19.7. The van der Waals surface area contributed by atoms with Gasteiger partial charge in [-0.15, -0.1) is 0 Å². The third-order valence-electron chi connectivity index (χ3n) is 6.06. The molecule has 0 aliphatic heterocycles. The van der Waals surface area contributed by atoms with Crippen molar-refractivity contribution in [2.45, 2.75) is 52.4 Å². The lowest BCUT2D eigenvalue weighted by Crippen LogP contribution is -2.23. The van der Waals surface area contributed by atoms with Crippen LogP contribution in [0.5, 0.6) is 17.2 Å². The van der Waals surface area contributed by atoms with Crippen molar-refractivity contribution in [3.05, 3.63) is 100 Å². The molecular weight excluding hydrogens is 438 g/mol. The van der Waals surface area contributed by atoms with Crippen molar-refractivity contribution in [3.8, 4) is 17.2 Å². The van der Waals surface area contributed by atoms with Gasteiger partial charge in [0.1, 0.15) is 19.0 Å². The molecule has 0 amide bonds. The number of benzene rings is 3. The predicted octanol–water partition coefficient (Wildman–Crippen LogP) is 6.75. The molecule has 0 fully saturated rings. The second kappa shape index (κ2) is 12.1. The fourth-order valence-electron chi connectivity index (χ4n) is 4.19. The third kappa shape index (κ3) is 6.04. The van der Waals surface area contributed by atoms with Crippen LogP contribution in [0.25, 0.3) is 10.9 Å². The van der Waals surface area contributed by atoms with Gasteiger partial charge in [-0.2, -0.15) is 0 Å². The van der Waals surface area contributed by atoms with Crippen LogP contribution in [0.4, 0.5) is 0 Å². The number of aryl methyl sites for hydroxylation is 1. The molecule has 1 aromatic heterocycles. The van der Waals surface area contributed by atoms with Gasteiger partial charge in [-0.1, -0.05) is 86.8 Å². The number of hydrogen-bond acceptors (Lipinski definition) is 4. The summed E-state index contributed by atoms with van der Waals surface area (Å²) in [6, 6.07) is 25.7. The molecule has 35 heavy (non-hydrogen) atoms. The van der Waals surface area contributed by atoms with E-state index in [1.54, 1.807) is 7.11 Å². The van der Waals surface area contributed by atoms with Gasteiger partial charge in [0, 0.05) is 18.0 Å². The third-order valence-corrected chi connectivity index (χ3v) is 6.06. The Morgan fingerprint density at radius 2 is 1.40 bits per heavy atom. The first-order valence-electron chi connectivity index (χ1n) is 12.3. The van der Waals surface area contributed by atoms with Crippen LogP contribution in [0.3, 0.4) is 0 Å². The first-order chi connectivity index (χ1) is 17.2. The summed E-state index contributed by atoms with van der Waals surface area (Å²) in [7, 11) is 1.58. The van der Waals surface area contributed by atoms with E-state index in [1.165, 1.54) is 0 Å². The summed E-state index contributed by atoms with van der Waals surface area (Å²) in [5.41, 5.74) is 2.70. The number of rotatable bonds is 12. The Balaban J connectivity index is 1.70. The van der Waals surface area contributed by atoms with Crippen LogP contribution in [0.15, 0.2) is 83.7 Å². The first-order valence-corrected chi connectivity index (χ1v) is 12.3. The van der Waals surface area contributed by atoms with E-state index in [1.807, 2.05) is 83.4 Å². The van der Waals surface area contributed by atoms with Crippen LogP contribution in [-0.4, -0.2) is 11.7 Å². The van der Waals surface area contributed by atoms with Crippen molar-refractivity contribution in [3.63, 3.8) is 0 Å². The van der Waals surface area contributed by atoms with Crippen LogP contribution < -0.4 is 19.8 Å². The van der Waals surface area contributed by atoms with Gasteiger partial charge in [0.15, 0.2) is 5.75 Å². The molecule has 5 nitrogen and oxygen atoms in total. The maximum Gasteiger partial charge on any atom is 0.297 e. The van der Waals surface area contributed by atoms with Gasteiger partial charge in [-0.3, -0.25) is 4.79 Å². The fourth-order valence-corrected chi connectivity index (χ4v) is 4.19. The van der Waals surface area contributed by atoms with Crippen LogP contribution in [0, 0.1) is 0 Å². The molecule has 0 saturated carbocycles. The largest absolute Gasteiger partial charge is 0.492 e. The lowest BCUT2D eigenvalue weighted by Gasteiger charge is -2.18. The molecule has 5 heteroatoms. The van der Waals surface area contributed by atoms with Crippen molar-refractivity contribution >= 4 is 10.9 Å². The average Bonchev–Trinajstić information content (AvgIpc) is 2.91. The lowest BCUT2D eigenvalue weighted by atomic mass is 10.1. The van der Waals surface area contributed by atoms with E-state index in [2.05, 4.69) is 6.92 Å². The monoisotopic (exact) mass is 471 g/mol. The van der Waals surface area contributed by atoms with Crippen molar-refractivity contribution < 1.29 is 14.2 Å². The van der Waals surface area contributed by atoms with E-state index >= 15 is 0 Å². The number of methoxy groups -OCH3 is 1. The second-order valence-electron chi connectivity index (χ2n) is 8.61. The number of nitrogens with zero attached hydrogens (tertiary/aromatic N) is 1. The van der Waals surface area contributed by atoms with E-state index in [0.29, 0.717) is 31.3 Å². The molecule has 0 bridgehead atoms. The second-order valence-corrected chi connectivity index (χ2v) is 8.61. The molecule has 0 radical (unpaired) electrons. The normalized spacial score (nSPS) is 10.9. The van der Waals surface area contributed by atoms with Gasteiger partial charge >= 0.3 is 0 Å². The molecular formula is C30H33NO4. The molecule has 1 heterocycles. The lowest BCUT2D eigenvalue weighted by molar-refractivity contribution is 0.279. The van der Waals surface area contributed by atoms with E-state index in [9.17, 15) is 4.79 Å². The average molecular weight is 472 g/mol. The van der Waals surface area contributed by atoms with Gasteiger partial charge in [0.25, 0.3) is 5.56 Å². The topological polar surface area (TPSA) is 49.7 Å². The van der Waals surface area contributed by atoms with Gasteiger partial charge in [-0.25, -0.2) is 0 Å². The summed E-state index contributed by atoms with van der Waals surface area (Å²) in [5.74, 6) is 1.42. The first kappa shape index (κ1) is 24.4. The summed E-state index contributed by atoms with van der Waals surface area (Å²) in [5, 5.41) is 0.831. The molecule has 0 N–H and O–H groups in total. The molecule has 3 aromatic carbocycles. The highest BCUT2D eigenvalue weighted by atomic mass is 16.5. The molecule has 0 atom stereocenters. The number of aromatic nitrogens is 1. The Hall–Kier alpha value is -3.73. The molecule has 0 unspecified atom stereocenters. The predicted molar refractivity (Wildman–Crippen MR) is 140 cm³/mol. The minimum absolute atomic E-state index is 0.179. The van der Waals surface area contributed by atoms with E-state index in [4.69, 9.17) is 14.2 Å². The number of fused-ring (bicyclic) bond motifs is 1. The highest BCUT2D eigenvalue weighted by Gasteiger charge is 2.20. The minimum Gasteiger partial charge on any atom is -0.492 e. The molecule has 0 aliphatic rings. The minimum atomic E-state index is -0.179. The Kier molecular flexibility index (Phi) is 8.44. The fraction of sp³-hybridized carbons (Fsp3) is 0.300. The Bertz CT molecular complexity index is 1280. The molecule has 4 rings (SSSR count). The molecule has 4 aromatic rings. The zero-order valence-electron chi connectivity index (χ0n) is 20.5. The zero-order valence-corrected chi connectivity index (χ0v) is 20.5. The smallest absolute Gasteiger partial charge is 0.297 e. The van der Waals surface area contributed by atoms with Gasteiger partial charge < -0.3 is 18.8 Å². The van der Waals surface area contributed by atoms with Gasteiger partial charge in [0.05, 0.1) is 12.6 Å². The van der Waals surface area contributed by atoms with Crippen molar-refractivity contribution in [1.82, 2.24) is 4.57 Å². The number of hydrogen-bond donors (Lipinski definition) is 0. The number of ether oxygens (including phenoxy) is 3. The Morgan fingerprint density at radius 1 is 0.743 bits per heavy atom. The molecule has 0 saturated heterocycles. The number of unbranched alkanes of at least 4 members (excludes halogenated alkanes) is 3. The maximum atomic E-state index is 13.7. The summed E-state index contributed by atoms with van der Waals surface area (Å²) in [6.45, 7) is 3.55. The Labute approximate surface area is 206 Å². The summed E-state index contributed by atoms with van der Waals surface area (Å²) in [6.07, 6.45) is 4.27. The van der Waals surface area contributed by atoms with Crippen molar-refractivity contribution in [2.24, 2.45) is 0 Å². The standard InChI is InChI=1S/C30H33NO4/c1-3-4-5-12-19-31-27-20-25(34-21-23-13-8-6-9-14-23)17-18-26(27)28(33-2)29(30(31)32)35-22-24-15-10-7-11-16-24/h6-11,13-18,20H,3-5,12,19,21-22H2,1-2H3. The van der Waals surface area contributed by atoms with Crippen molar-refractivity contribution in [1.29, 1.82) is 0 Å². The molecule has 182 valence electrons. The quantitative estimate of drug-likeness (QED) is 0.215. The van der Waals surface area contributed by atoms with Gasteiger partial charge in [0.2, 0.25) is 5.75 Å². The van der Waals surface area contributed by atoms with Crippen LogP contribution in [0.2, 0.25) is 0 Å². The summed E-state index contributed by atoms with van der Waals surface area (Å²) >= 11 is 0. The SMILES string of the molecule is CCCCCCn1c(=O)c(OCc2ccccc2)c(OC)c2ccc(OCc3ccccc3)cc21. The highest BCUT2D eigenvalue weighted by molar-refractivity contribution is 5.89. The van der Waals surface area contributed by atoms with Crippen molar-refractivity contribution in [2.75, 3.05) is 7.11 Å². The van der Waals surface area contributed by atoms with Crippen LogP contribution in [0.1, 0.15) is 43.7 Å². The highest BCUT2D eigenvalue weighted by Crippen LogP contribution is 2.35. The van der Waals surface area contributed by atoms with E-state index < -0.39 is 0 Å². The molecule has 0 aliphatic carbocycles. The van der Waals surface area contributed by atoms with Crippen LogP contribution in [-0.2, 0) is 19.8 Å². The van der Waals surface area contributed by atoms with Crippen LogP contribution >= 0.6 is 0 Å². The van der Waals surface area contributed by atoms with Gasteiger partial charge in [-0.05, 0) is 29.7 Å². The number of pyridine rings is 1. The van der Waals surface area contributed by atoms with E-state index in [-0.39, 0.29) is 11.3 Å². The summed E-state index contributed by atoms with van der Waals surface area (Å²) in [4.78, 5) is 13.7. The van der Waals surface area contributed by atoms with E-state index in [0.717, 1.165) is 47.7 Å². The molecule has 0 spiro atoms. The zero-order chi connectivity index (χ0) is 24.5.